The van der Waals surface area contributed by atoms with Gasteiger partial charge in [0.05, 0.1) is 17.6 Å². The molecule has 1 atom stereocenters. The molecule has 0 aliphatic heterocycles. The number of nitrogens with zero attached hydrogens (tertiary/aromatic N) is 1. The summed E-state index contributed by atoms with van der Waals surface area (Å²) in [5, 5.41) is 13.1. The van der Waals surface area contributed by atoms with E-state index in [4.69, 9.17) is 16.3 Å². The average Bonchev–Trinajstić information content (AvgIpc) is 3.05. The molecule has 3 aromatic rings. The molecule has 1 unspecified atom stereocenters. The summed E-state index contributed by atoms with van der Waals surface area (Å²) in [6.45, 7) is 1.78. The van der Waals surface area contributed by atoms with Crippen LogP contribution < -0.4 is 0 Å². The predicted molar refractivity (Wildman–Crippen MR) is 103 cm³/mol. The third-order valence-corrected chi connectivity index (χ3v) is 4.41. The SMILES string of the molecule is CCOC(=O)/C=C(/C(c1cccc(Cl)c1)c1c[nH]c2ccccc12)[N+](=O)[O-]. The molecule has 27 heavy (non-hydrogen) atoms. The Hall–Kier alpha value is -3.12. The van der Waals surface area contributed by atoms with Crippen LogP contribution in [-0.2, 0) is 9.53 Å². The van der Waals surface area contributed by atoms with Crippen LogP contribution in [0.3, 0.4) is 0 Å². The zero-order valence-electron chi connectivity index (χ0n) is 14.5. The number of rotatable bonds is 6. The summed E-state index contributed by atoms with van der Waals surface area (Å²) < 4.78 is 4.88. The Morgan fingerprint density at radius 2 is 2.07 bits per heavy atom. The maximum atomic E-state index is 12.0. The van der Waals surface area contributed by atoms with Gasteiger partial charge >= 0.3 is 5.97 Å². The number of esters is 1. The number of hydrogen-bond donors (Lipinski definition) is 1. The lowest BCUT2D eigenvalue weighted by Gasteiger charge is -2.15. The topological polar surface area (TPSA) is 85.2 Å². The standard InChI is InChI=1S/C20H17ClN2O4/c1-2-27-19(24)11-18(23(25)26)20(13-6-5-7-14(21)10-13)16-12-22-17-9-4-3-8-15(16)17/h3-12,20,22H,2H2,1H3/b18-11-. The fourth-order valence-electron chi connectivity index (χ4n) is 3.07. The number of para-hydroxylation sites is 1. The monoisotopic (exact) mass is 384 g/mol. The van der Waals surface area contributed by atoms with Crippen molar-refractivity contribution in [1.29, 1.82) is 0 Å². The second-order valence-corrected chi connectivity index (χ2v) is 6.29. The first-order valence-corrected chi connectivity index (χ1v) is 8.73. The molecule has 1 aromatic heterocycles. The van der Waals surface area contributed by atoms with E-state index in [0.717, 1.165) is 17.0 Å². The average molecular weight is 385 g/mol. The van der Waals surface area contributed by atoms with Crippen LogP contribution in [0.15, 0.2) is 66.5 Å². The summed E-state index contributed by atoms with van der Waals surface area (Å²) in [5.41, 5.74) is 1.86. The Labute approximate surface area is 160 Å². The van der Waals surface area contributed by atoms with Crippen molar-refractivity contribution in [3.63, 3.8) is 0 Å². The number of aromatic nitrogens is 1. The molecule has 1 N–H and O–H groups in total. The molecule has 1 heterocycles. The van der Waals surface area contributed by atoms with Crippen LogP contribution in [0.5, 0.6) is 0 Å². The minimum atomic E-state index is -0.792. The largest absolute Gasteiger partial charge is 0.463 e. The summed E-state index contributed by atoms with van der Waals surface area (Å²) in [6.07, 6.45) is 2.66. The number of fused-ring (bicyclic) bond motifs is 1. The fraction of sp³-hybridized carbons (Fsp3) is 0.150. The zero-order valence-corrected chi connectivity index (χ0v) is 15.3. The number of allylic oxidation sites excluding steroid dienone is 1. The lowest BCUT2D eigenvalue weighted by Crippen LogP contribution is -2.15. The molecule has 0 bridgehead atoms. The van der Waals surface area contributed by atoms with E-state index in [0.29, 0.717) is 16.1 Å². The molecule has 0 saturated heterocycles. The fourth-order valence-corrected chi connectivity index (χ4v) is 3.27. The van der Waals surface area contributed by atoms with Gasteiger partial charge in [-0.05, 0) is 36.2 Å². The van der Waals surface area contributed by atoms with E-state index < -0.39 is 16.8 Å². The van der Waals surface area contributed by atoms with Crippen LogP contribution >= 0.6 is 11.6 Å². The highest BCUT2D eigenvalue weighted by Crippen LogP contribution is 2.37. The van der Waals surface area contributed by atoms with Crippen molar-refractivity contribution in [2.45, 2.75) is 12.8 Å². The first-order chi connectivity index (χ1) is 13.0. The molecule has 6 nitrogen and oxygen atoms in total. The van der Waals surface area contributed by atoms with Crippen LogP contribution in [-0.4, -0.2) is 22.5 Å². The van der Waals surface area contributed by atoms with E-state index in [1.165, 1.54) is 0 Å². The van der Waals surface area contributed by atoms with E-state index in [2.05, 4.69) is 4.98 Å². The zero-order chi connectivity index (χ0) is 19.4. The van der Waals surface area contributed by atoms with Crippen molar-refractivity contribution in [2.24, 2.45) is 0 Å². The molecule has 0 aliphatic carbocycles. The van der Waals surface area contributed by atoms with E-state index in [1.807, 2.05) is 24.3 Å². The molecule has 2 aromatic carbocycles. The molecule has 138 valence electrons. The maximum Gasteiger partial charge on any atom is 0.337 e. The minimum Gasteiger partial charge on any atom is -0.463 e. The van der Waals surface area contributed by atoms with Crippen molar-refractivity contribution in [2.75, 3.05) is 6.61 Å². The Kier molecular flexibility index (Phi) is 5.57. The second-order valence-electron chi connectivity index (χ2n) is 5.86. The van der Waals surface area contributed by atoms with Crippen molar-refractivity contribution in [3.05, 3.63) is 92.8 Å². The third kappa shape index (κ3) is 4.01. The number of halogens is 1. The minimum absolute atomic E-state index is 0.134. The lowest BCUT2D eigenvalue weighted by molar-refractivity contribution is -0.429. The van der Waals surface area contributed by atoms with Gasteiger partial charge in [0.1, 0.15) is 5.92 Å². The van der Waals surface area contributed by atoms with Crippen LogP contribution in [0.4, 0.5) is 0 Å². The normalized spacial score (nSPS) is 12.7. The van der Waals surface area contributed by atoms with Gasteiger partial charge in [0.2, 0.25) is 0 Å². The smallest absolute Gasteiger partial charge is 0.337 e. The number of aromatic amines is 1. The van der Waals surface area contributed by atoms with Gasteiger partial charge in [0.15, 0.2) is 0 Å². The van der Waals surface area contributed by atoms with E-state index >= 15 is 0 Å². The second kappa shape index (κ2) is 8.05. The summed E-state index contributed by atoms with van der Waals surface area (Å²) >= 11 is 6.12. The van der Waals surface area contributed by atoms with E-state index in [1.54, 1.807) is 37.4 Å². The predicted octanol–water partition coefficient (Wildman–Crippen LogP) is 4.68. The van der Waals surface area contributed by atoms with Gasteiger partial charge in [-0.3, -0.25) is 10.1 Å². The van der Waals surface area contributed by atoms with Crippen molar-refractivity contribution in [3.8, 4) is 0 Å². The number of carbonyl (C=O) groups excluding carboxylic acids is 1. The molecule has 0 saturated carbocycles. The Bertz CT molecular complexity index is 1030. The quantitative estimate of drug-likeness (QED) is 0.289. The number of hydrogen-bond acceptors (Lipinski definition) is 4. The summed E-state index contributed by atoms with van der Waals surface area (Å²) in [5.74, 6) is -1.55. The molecular weight excluding hydrogens is 368 g/mol. The Balaban J connectivity index is 2.23. The lowest BCUT2D eigenvalue weighted by atomic mass is 9.88. The van der Waals surface area contributed by atoms with Gasteiger partial charge in [-0.15, -0.1) is 0 Å². The van der Waals surface area contributed by atoms with Crippen LogP contribution in [0.25, 0.3) is 10.9 Å². The molecule has 0 fully saturated rings. The summed E-state index contributed by atoms with van der Waals surface area (Å²) in [4.78, 5) is 26.4. The van der Waals surface area contributed by atoms with Crippen LogP contribution in [0, 0.1) is 10.1 Å². The van der Waals surface area contributed by atoms with E-state index in [-0.39, 0.29) is 12.3 Å². The van der Waals surface area contributed by atoms with Gasteiger partial charge in [-0.2, -0.15) is 0 Å². The van der Waals surface area contributed by atoms with Crippen molar-refractivity contribution < 1.29 is 14.5 Å². The third-order valence-electron chi connectivity index (χ3n) is 4.17. The summed E-state index contributed by atoms with van der Waals surface area (Å²) in [7, 11) is 0. The number of nitrogens with one attached hydrogen (secondary N) is 1. The molecule has 0 radical (unpaired) electrons. The number of nitro groups is 1. The van der Waals surface area contributed by atoms with Crippen LogP contribution in [0.2, 0.25) is 5.02 Å². The van der Waals surface area contributed by atoms with Gasteiger partial charge in [-0.25, -0.2) is 4.79 Å². The van der Waals surface area contributed by atoms with E-state index in [9.17, 15) is 14.9 Å². The highest BCUT2D eigenvalue weighted by molar-refractivity contribution is 6.30. The molecule has 0 amide bonds. The molecule has 3 rings (SSSR count). The number of H-pyrrole nitrogens is 1. The maximum absolute atomic E-state index is 12.0. The molecule has 7 heteroatoms. The number of carbonyl (C=O) groups is 1. The molecular formula is C20H17ClN2O4. The highest BCUT2D eigenvalue weighted by atomic mass is 35.5. The molecule has 0 aliphatic rings. The summed E-state index contributed by atoms with van der Waals surface area (Å²) in [6, 6.07) is 14.3. The van der Waals surface area contributed by atoms with Gasteiger partial charge in [0.25, 0.3) is 5.70 Å². The Morgan fingerprint density at radius 1 is 1.30 bits per heavy atom. The van der Waals surface area contributed by atoms with Gasteiger partial charge in [-0.1, -0.05) is 41.9 Å². The number of ether oxygens (including phenoxy) is 1. The van der Waals surface area contributed by atoms with Crippen molar-refractivity contribution in [1.82, 2.24) is 4.98 Å². The van der Waals surface area contributed by atoms with Gasteiger partial charge < -0.3 is 9.72 Å². The first-order valence-electron chi connectivity index (χ1n) is 8.35. The Morgan fingerprint density at radius 3 is 2.78 bits per heavy atom. The highest BCUT2D eigenvalue weighted by Gasteiger charge is 2.32. The molecule has 0 spiro atoms. The van der Waals surface area contributed by atoms with Crippen LogP contribution in [0.1, 0.15) is 24.0 Å². The van der Waals surface area contributed by atoms with Crippen molar-refractivity contribution >= 4 is 28.5 Å². The first kappa shape index (κ1) is 18.7. The number of benzene rings is 2. The van der Waals surface area contributed by atoms with Gasteiger partial charge in [0, 0.05) is 22.1 Å².